The summed E-state index contributed by atoms with van der Waals surface area (Å²) >= 11 is 6.38. The molecule has 0 radical (unpaired) electrons. The largest absolute Gasteiger partial charge is 0.355 e. The number of carbonyl (C=O) groups excluding carboxylic acids is 2. The molecule has 0 fully saturated rings. The first-order valence-corrected chi connectivity index (χ1v) is 15.6. The van der Waals surface area contributed by atoms with E-state index in [-0.39, 0.29) is 29.1 Å². The Bertz CT molecular complexity index is 1670. The van der Waals surface area contributed by atoms with Crippen LogP contribution in [0.1, 0.15) is 23.6 Å². The number of nitrogens with zero attached hydrogens (tertiary/aromatic N) is 2. The first kappa shape index (κ1) is 31.7. The fourth-order valence-electron chi connectivity index (χ4n) is 4.64. The highest BCUT2D eigenvalue weighted by Gasteiger charge is 2.35. The molecule has 224 valence electrons. The highest BCUT2D eigenvalue weighted by Crippen LogP contribution is 2.29. The van der Waals surface area contributed by atoms with Gasteiger partial charge in [-0.3, -0.25) is 13.9 Å². The van der Waals surface area contributed by atoms with E-state index in [9.17, 15) is 22.4 Å². The topological polar surface area (TPSA) is 86.8 Å². The van der Waals surface area contributed by atoms with Crippen LogP contribution in [-0.2, 0) is 32.6 Å². The van der Waals surface area contributed by atoms with E-state index >= 15 is 0 Å². The Labute approximate surface area is 257 Å². The number of benzene rings is 4. The quantitative estimate of drug-likeness (QED) is 0.218. The average molecular weight is 622 g/mol. The van der Waals surface area contributed by atoms with Crippen LogP contribution in [-0.4, -0.2) is 44.3 Å². The van der Waals surface area contributed by atoms with Gasteiger partial charge in [0.25, 0.3) is 10.0 Å². The number of hydrogen-bond acceptors (Lipinski definition) is 4. The zero-order valence-corrected chi connectivity index (χ0v) is 25.5. The average Bonchev–Trinajstić information content (AvgIpc) is 3.01. The van der Waals surface area contributed by atoms with Crippen LogP contribution in [0.5, 0.6) is 0 Å². The van der Waals surface area contributed by atoms with E-state index in [2.05, 4.69) is 5.32 Å². The summed E-state index contributed by atoms with van der Waals surface area (Å²) < 4.78 is 43.8. The number of amides is 2. The standard InChI is InChI=1S/C33H33ClFN3O4S/c1-3-36-33(40)31(20-25-12-6-4-7-13-25)37(22-26-14-10-11-17-30(26)35)32(39)23-38(27-19-18-24(2)29(34)21-27)43(41,42)28-15-8-5-9-16-28/h4-19,21,31H,3,20,22-23H2,1-2H3,(H,36,40)/t31-/m1/s1. The van der Waals surface area contributed by atoms with Crippen molar-refractivity contribution in [2.75, 3.05) is 17.4 Å². The van der Waals surface area contributed by atoms with Crippen LogP contribution in [0.15, 0.2) is 108 Å². The summed E-state index contributed by atoms with van der Waals surface area (Å²) in [5, 5.41) is 3.11. The minimum Gasteiger partial charge on any atom is -0.355 e. The minimum atomic E-state index is -4.26. The molecule has 43 heavy (non-hydrogen) atoms. The van der Waals surface area contributed by atoms with Gasteiger partial charge in [0.2, 0.25) is 11.8 Å². The molecule has 0 heterocycles. The van der Waals surface area contributed by atoms with Crippen molar-refractivity contribution in [3.8, 4) is 0 Å². The molecule has 1 atom stereocenters. The van der Waals surface area contributed by atoms with Crippen molar-refractivity contribution in [2.24, 2.45) is 0 Å². The van der Waals surface area contributed by atoms with Crippen LogP contribution in [0.2, 0.25) is 5.02 Å². The third-order valence-electron chi connectivity index (χ3n) is 6.97. The Kier molecular flexibility index (Phi) is 10.6. The molecule has 0 aliphatic rings. The maximum Gasteiger partial charge on any atom is 0.264 e. The van der Waals surface area contributed by atoms with Crippen molar-refractivity contribution in [3.63, 3.8) is 0 Å². The van der Waals surface area contributed by atoms with E-state index in [4.69, 9.17) is 11.6 Å². The fourth-order valence-corrected chi connectivity index (χ4v) is 6.24. The summed E-state index contributed by atoms with van der Waals surface area (Å²) in [6.45, 7) is 2.94. The minimum absolute atomic E-state index is 0.0234. The molecule has 0 aliphatic heterocycles. The van der Waals surface area contributed by atoms with E-state index in [0.29, 0.717) is 11.6 Å². The predicted octanol–water partition coefficient (Wildman–Crippen LogP) is 5.76. The van der Waals surface area contributed by atoms with E-state index in [1.807, 2.05) is 30.3 Å². The van der Waals surface area contributed by atoms with Gasteiger partial charge >= 0.3 is 0 Å². The van der Waals surface area contributed by atoms with Crippen molar-refractivity contribution in [1.82, 2.24) is 10.2 Å². The second-order valence-electron chi connectivity index (χ2n) is 9.97. The molecule has 0 saturated carbocycles. The number of likely N-dealkylation sites (N-methyl/N-ethyl adjacent to an activating group) is 1. The van der Waals surface area contributed by atoms with Gasteiger partial charge in [0.05, 0.1) is 10.6 Å². The molecule has 0 aromatic heterocycles. The van der Waals surface area contributed by atoms with E-state index in [1.54, 1.807) is 50.2 Å². The zero-order chi connectivity index (χ0) is 31.0. The van der Waals surface area contributed by atoms with Gasteiger partial charge in [-0.2, -0.15) is 0 Å². The van der Waals surface area contributed by atoms with E-state index in [1.165, 1.54) is 41.3 Å². The number of aryl methyl sites for hydroxylation is 1. The molecule has 4 aromatic carbocycles. The zero-order valence-electron chi connectivity index (χ0n) is 23.9. The molecule has 10 heteroatoms. The normalized spacial score (nSPS) is 11.9. The fraction of sp³-hybridized carbons (Fsp3) is 0.212. The van der Waals surface area contributed by atoms with E-state index < -0.39 is 40.2 Å². The summed E-state index contributed by atoms with van der Waals surface area (Å²) in [5.74, 6) is -1.67. The number of sulfonamides is 1. The van der Waals surface area contributed by atoms with Crippen LogP contribution in [0.4, 0.5) is 10.1 Å². The van der Waals surface area contributed by atoms with Gasteiger partial charge in [-0.25, -0.2) is 12.8 Å². The molecule has 4 rings (SSSR count). The lowest BCUT2D eigenvalue weighted by molar-refractivity contribution is -0.140. The van der Waals surface area contributed by atoms with Gasteiger partial charge in [0.15, 0.2) is 0 Å². The predicted molar refractivity (Wildman–Crippen MR) is 167 cm³/mol. The first-order chi connectivity index (χ1) is 20.6. The Morgan fingerprint density at radius 1 is 0.907 bits per heavy atom. The van der Waals surface area contributed by atoms with Crippen LogP contribution >= 0.6 is 11.6 Å². The summed E-state index contributed by atoms with van der Waals surface area (Å²) in [6, 6.07) is 26.5. The van der Waals surface area contributed by atoms with Crippen LogP contribution in [0.3, 0.4) is 0 Å². The number of hydrogen-bond donors (Lipinski definition) is 1. The number of halogens is 2. The molecular formula is C33H33ClFN3O4S. The maximum atomic E-state index is 14.9. The maximum absolute atomic E-state index is 14.9. The second kappa shape index (κ2) is 14.3. The summed E-state index contributed by atoms with van der Waals surface area (Å²) in [5.41, 5.74) is 1.88. The van der Waals surface area contributed by atoms with Gasteiger partial charge in [-0.15, -0.1) is 0 Å². The smallest absolute Gasteiger partial charge is 0.264 e. The lowest BCUT2D eigenvalue weighted by Gasteiger charge is -2.34. The van der Waals surface area contributed by atoms with Gasteiger partial charge in [0.1, 0.15) is 18.4 Å². The number of nitrogens with one attached hydrogen (secondary N) is 1. The lowest BCUT2D eigenvalue weighted by atomic mass is 10.0. The number of anilines is 1. The monoisotopic (exact) mass is 621 g/mol. The Hall–Kier alpha value is -4.21. The molecule has 0 spiro atoms. The molecule has 0 unspecified atom stereocenters. The molecule has 0 aliphatic carbocycles. The molecule has 4 aromatic rings. The first-order valence-electron chi connectivity index (χ1n) is 13.8. The van der Waals surface area contributed by atoms with Crippen molar-refractivity contribution < 1.29 is 22.4 Å². The van der Waals surface area contributed by atoms with Crippen molar-refractivity contribution in [2.45, 2.75) is 37.8 Å². The SMILES string of the molecule is CCNC(=O)[C@@H](Cc1ccccc1)N(Cc1ccccc1F)C(=O)CN(c1ccc(C)c(Cl)c1)S(=O)(=O)c1ccccc1. The summed E-state index contributed by atoms with van der Waals surface area (Å²) in [4.78, 5) is 29.0. The molecule has 1 N–H and O–H groups in total. The van der Waals surface area contributed by atoms with Crippen molar-refractivity contribution in [1.29, 1.82) is 0 Å². The summed E-state index contributed by atoms with van der Waals surface area (Å²) in [6.07, 6.45) is 0.134. The van der Waals surface area contributed by atoms with Crippen LogP contribution in [0, 0.1) is 12.7 Å². The van der Waals surface area contributed by atoms with Crippen molar-refractivity contribution >= 4 is 39.1 Å². The molecule has 0 saturated heterocycles. The van der Waals surface area contributed by atoms with Gasteiger partial charge in [-0.1, -0.05) is 84.4 Å². The van der Waals surface area contributed by atoms with Crippen LogP contribution in [0.25, 0.3) is 0 Å². The highest BCUT2D eigenvalue weighted by molar-refractivity contribution is 7.92. The van der Waals surface area contributed by atoms with Gasteiger partial charge in [0, 0.05) is 30.1 Å². The molecule has 2 amide bonds. The lowest BCUT2D eigenvalue weighted by Crippen LogP contribution is -2.53. The molecule has 0 bridgehead atoms. The summed E-state index contributed by atoms with van der Waals surface area (Å²) in [7, 11) is -4.26. The van der Waals surface area contributed by atoms with Gasteiger partial charge < -0.3 is 10.2 Å². The highest BCUT2D eigenvalue weighted by atomic mass is 35.5. The number of carbonyl (C=O) groups is 2. The molecule has 7 nitrogen and oxygen atoms in total. The second-order valence-corrected chi connectivity index (χ2v) is 12.2. The van der Waals surface area contributed by atoms with Gasteiger partial charge in [-0.05, 0) is 55.3 Å². The Morgan fingerprint density at radius 2 is 1.53 bits per heavy atom. The Balaban J connectivity index is 1.81. The molecular weight excluding hydrogens is 589 g/mol. The van der Waals surface area contributed by atoms with Crippen LogP contribution < -0.4 is 9.62 Å². The third kappa shape index (κ3) is 7.80. The van der Waals surface area contributed by atoms with E-state index in [0.717, 1.165) is 15.4 Å². The van der Waals surface area contributed by atoms with Crippen molar-refractivity contribution in [3.05, 3.63) is 131 Å². The third-order valence-corrected chi connectivity index (χ3v) is 9.17. The number of rotatable bonds is 12. The Morgan fingerprint density at radius 3 is 2.16 bits per heavy atom.